The average molecular weight is 482 g/mol. The zero-order valence-corrected chi connectivity index (χ0v) is 19.8. The van der Waals surface area contributed by atoms with Gasteiger partial charge in [-0.3, -0.25) is 4.79 Å². The second kappa shape index (κ2) is 10.0. The van der Waals surface area contributed by atoms with Crippen molar-refractivity contribution >= 4 is 37.5 Å². The van der Waals surface area contributed by atoms with Crippen molar-refractivity contribution in [2.45, 2.75) is 45.1 Å². The van der Waals surface area contributed by atoms with Gasteiger partial charge >= 0.3 is 0 Å². The molecule has 0 aliphatic heterocycles. The van der Waals surface area contributed by atoms with Crippen LogP contribution in [0.3, 0.4) is 0 Å². The van der Waals surface area contributed by atoms with E-state index in [-0.39, 0.29) is 20.8 Å². The van der Waals surface area contributed by atoms with E-state index in [2.05, 4.69) is 4.99 Å². The summed E-state index contributed by atoms with van der Waals surface area (Å²) >= 11 is 1.01. The zero-order valence-electron chi connectivity index (χ0n) is 18.1. The number of aryl methyl sites for hydroxylation is 1. The first-order valence-corrected chi connectivity index (χ1v) is 12.7. The number of nitrogens with zero attached hydrogens (tertiary/aromatic N) is 3. The number of aromatic nitrogens is 1. The first-order chi connectivity index (χ1) is 15.2. The van der Waals surface area contributed by atoms with E-state index in [1.54, 1.807) is 13.8 Å². The van der Waals surface area contributed by atoms with Gasteiger partial charge in [-0.05, 0) is 43.7 Å². The molecule has 0 N–H and O–H groups in total. The van der Waals surface area contributed by atoms with E-state index < -0.39 is 27.6 Å². The maximum atomic E-state index is 14.3. The molecule has 6 nitrogen and oxygen atoms in total. The van der Waals surface area contributed by atoms with Crippen molar-refractivity contribution in [3.8, 4) is 0 Å². The Morgan fingerprint density at radius 3 is 2.41 bits per heavy atom. The Bertz CT molecular complexity index is 1300. The molecule has 0 bridgehead atoms. The number of hydrogen-bond acceptors (Lipinski definition) is 4. The van der Waals surface area contributed by atoms with E-state index in [1.807, 2.05) is 6.92 Å². The first-order valence-electron chi connectivity index (χ1n) is 10.4. The molecule has 172 valence electrons. The fourth-order valence-electron chi connectivity index (χ4n) is 3.36. The number of rotatable bonds is 8. The van der Waals surface area contributed by atoms with Crippen molar-refractivity contribution < 1.29 is 22.0 Å². The molecule has 1 aromatic heterocycles. The predicted molar refractivity (Wildman–Crippen MR) is 121 cm³/mol. The van der Waals surface area contributed by atoms with Crippen LogP contribution in [0.5, 0.6) is 0 Å². The second-order valence-electron chi connectivity index (χ2n) is 7.15. The molecule has 2 aromatic carbocycles. The summed E-state index contributed by atoms with van der Waals surface area (Å²) < 4.78 is 56.8. The van der Waals surface area contributed by atoms with Gasteiger partial charge in [0.15, 0.2) is 10.6 Å². The van der Waals surface area contributed by atoms with Crippen molar-refractivity contribution in [2.75, 3.05) is 13.1 Å². The van der Waals surface area contributed by atoms with Crippen LogP contribution in [0, 0.1) is 11.6 Å². The lowest BCUT2D eigenvalue weighted by molar-refractivity contribution is 0.0997. The number of carbonyl (C=O) groups is 1. The molecule has 0 unspecified atom stereocenters. The van der Waals surface area contributed by atoms with Gasteiger partial charge in [-0.2, -0.15) is 9.30 Å². The van der Waals surface area contributed by atoms with E-state index in [0.29, 0.717) is 24.3 Å². The molecule has 0 atom stereocenters. The van der Waals surface area contributed by atoms with Gasteiger partial charge in [-0.15, -0.1) is 0 Å². The van der Waals surface area contributed by atoms with Gasteiger partial charge in [-0.25, -0.2) is 17.2 Å². The van der Waals surface area contributed by atoms with Crippen molar-refractivity contribution in [1.29, 1.82) is 0 Å². The molecule has 0 spiro atoms. The molecule has 0 saturated carbocycles. The molecule has 32 heavy (non-hydrogen) atoms. The lowest BCUT2D eigenvalue weighted by atomic mass is 10.2. The Balaban J connectivity index is 1.95. The summed E-state index contributed by atoms with van der Waals surface area (Å²) in [7, 11) is -3.65. The average Bonchev–Trinajstić information content (AvgIpc) is 3.11. The van der Waals surface area contributed by atoms with Gasteiger partial charge in [0.25, 0.3) is 5.91 Å². The minimum absolute atomic E-state index is 0.107. The zero-order chi connectivity index (χ0) is 23.5. The number of halogens is 2. The van der Waals surface area contributed by atoms with Crippen molar-refractivity contribution in [1.82, 2.24) is 8.87 Å². The van der Waals surface area contributed by atoms with Gasteiger partial charge < -0.3 is 4.57 Å². The van der Waals surface area contributed by atoms with Gasteiger partial charge in [-0.1, -0.05) is 31.6 Å². The number of sulfonamides is 1. The lowest BCUT2D eigenvalue weighted by Crippen LogP contribution is -2.31. The smallest absolute Gasteiger partial charge is 0.279 e. The van der Waals surface area contributed by atoms with E-state index in [9.17, 15) is 22.0 Å². The Morgan fingerprint density at radius 2 is 1.81 bits per heavy atom. The molecular weight excluding hydrogens is 456 g/mol. The molecule has 10 heteroatoms. The lowest BCUT2D eigenvalue weighted by Gasteiger charge is -2.20. The number of hydrogen-bond donors (Lipinski definition) is 0. The van der Waals surface area contributed by atoms with Crippen LogP contribution >= 0.6 is 11.3 Å². The highest BCUT2D eigenvalue weighted by Gasteiger charge is 2.22. The number of unbranched alkanes of at least 4 members (excludes halogenated alkanes) is 1. The molecule has 0 saturated heterocycles. The van der Waals surface area contributed by atoms with Gasteiger partial charge in [0.2, 0.25) is 10.0 Å². The summed E-state index contributed by atoms with van der Waals surface area (Å²) in [5.74, 6) is -2.01. The molecule has 1 amide bonds. The highest BCUT2D eigenvalue weighted by molar-refractivity contribution is 7.89. The summed E-state index contributed by atoms with van der Waals surface area (Å²) in [6.45, 7) is 6.69. The maximum Gasteiger partial charge on any atom is 0.279 e. The Hall–Kier alpha value is -2.43. The number of thiazole rings is 1. The van der Waals surface area contributed by atoms with E-state index in [0.717, 1.165) is 30.2 Å². The first kappa shape index (κ1) is 24.2. The highest BCUT2D eigenvalue weighted by atomic mass is 32.2. The largest absolute Gasteiger partial charge is 0.314 e. The number of amides is 1. The monoisotopic (exact) mass is 481 g/mol. The van der Waals surface area contributed by atoms with Crippen molar-refractivity contribution in [3.05, 3.63) is 58.4 Å². The fourth-order valence-corrected chi connectivity index (χ4v) is 5.98. The van der Waals surface area contributed by atoms with E-state index in [4.69, 9.17) is 0 Å². The Morgan fingerprint density at radius 1 is 1.12 bits per heavy atom. The maximum absolute atomic E-state index is 14.3. The molecule has 0 radical (unpaired) electrons. The van der Waals surface area contributed by atoms with Crippen LogP contribution < -0.4 is 4.80 Å². The quantitative estimate of drug-likeness (QED) is 0.474. The summed E-state index contributed by atoms with van der Waals surface area (Å²) in [6.07, 6.45) is 1.65. The van der Waals surface area contributed by atoms with Crippen molar-refractivity contribution in [3.63, 3.8) is 0 Å². The van der Waals surface area contributed by atoms with Crippen LogP contribution in [0.25, 0.3) is 10.2 Å². The normalized spacial score (nSPS) is 12.8. The Kier molecular flexibility index (Phi) is 7.58. The minimum Gasteiger partial charge on any atom is -0.314 e. The van der Waals surface area contributed by atoms with Crippen LogP contribution in [-0.2, 0) is 16.6 Å². The third-order valence-corrected chi connectivity index (χ3v) is 8.08. The molecule has 0 fully saturated rings. The minimum atomic E-state index is -3.65. The third kappa shape index (κ3) is 4.82. The van der Waals surface area contributed by atoms with Gasteiger partial charge in [0, 0.05) is 31.3 Å². The predicted octanol–water partition coefficient (Wildman–Crippen LogP) is 4.55. The molecule has 0 aliphatic carbocycles. The molecule has 3 rings (SSSR count). The summed E-state index contributed by atoms with van der Waals surface area (Å²) in [5.41, 5.74) is 0.394. The standard InChI is InChI=1S/C22H25F2N3O3S2/c1-4-7-12-26(5-2)32(29,30)17-10-8-15(9-11-17)21(28)25-22-27(6-3)20-18(24)13-16(23)14-19(20)31-22/h8-11,13-14H,4-7,12H2,1-3H3. The molecular formula is C22H25F2N3O3S2. The SMILES string of the molecule is CCCCN(CC)S(=O)(=O)c1ccc(C(=O)N=c2sc3cc(F)cc(F)c3n2CC)cc1. The Labute approximate surface area is 189 Å². The van der Waals surface area contributed by atoms with E-state index in [1.165, 1.54) is 39.2 Å². The number of benzene rings is 2. The van der Waals surface area contributed by atoms with Crippen LogP contribution in [0.4, 0.5) is 8.78 Å². The van der Waals surface area contributed by atoms with Crippen LogP contribution in [0.1, 0.15) is 44.0 Å². The number of carbonyl (C=O) groups excluding carboxylic acids is 1. The van der Waals surface area contributed by atoms with Gasteiger partial charge in [0.1, 0.15) is 5.82 Å². The number of fused-ring (bicyclic) bond motifs is 1. The molecule has 3 aromatic rings. The van der Waals surface area contributed by atoms with Gasteiger partial charge in [0.05, 0.1) is 15.1 Å². The fraction of sp³-hybridized carbons (Fsp3) is 0.364. The van der Waals surface area contributed by atoms with Crippen LogP contribution in [-0.4, -0.2) is 36.3 Å². The molecule has 0 aliphatic rings. The summed E-state index contributed by atoms with van der Waals surface area (Å²) in [6, 6.07) is 7.61. The van der Waals surface area contributed by atoms with Crippen LogP contribution in [0.2, 0.25) is 0 Å². The molecule has 1 heterocycles. The van der Waals surface area contributed by atoms with Crippen LogP contribution in [0.15, 0.2) is 46.3 Å². The van der Waals surface area contributed by atoms with E-state index >= 15 is 0 Å². The summed E-state index contributed by atoms with van der Waals surface area (Å²) in [5, 5.41) is 0. The third-order valence-electron chi connectivity index (χ3n) is 5.06. The summed E-state index contributed by atoms with van der Waals surface area (Å²) in [4.78, 5) is 17.1. The topological polar surface area (TPSA) is 71.7 Å². The second-order valence-corrected chi connectivity index (χ2v) is 10.1. The van der Waals surface area contributed by atoms with Crippen molar-refractivity contribution in [2.24, 2.45) is 4.99 Å². The highest BCUT2D eigenvalue weighted by Crippen LogP contribution is 2.22.